The maximum absolute atomic E-state index is 12.1. The predicted molar refractivity (Wildman–Crippen MR) is 77.5 cm³/mol. The van der Waals surface area contributed by atoms with E-state index < -0.39 is 0 Å². The molecule has 106 valence electrons. The highest BCUT2D eigenvalue weighted by Crippen LogP contribution is 2.17. The number of hydrogen-bond acceptors (Lipinski definition) is 3. The van der Waals surface area contributed by atoms with Crippen molar-refractivity contribution in [2.24, 2.45) is 5.41 Å². The maximum Gasteiger partial charge on any atom is 0.251 e. The van der Waals surface area contributed by atoms with Crippen LogP contribution >= 0.6 is 0 Å². The van der Waals surface area contributed by atoms with Gasteiger partial charge in [-0.2, -0.15) is 0 Å². The second kappa shape index (κ2) is 6.06. The number of hydrogen-bond donors (Lipinski definition) is 2. The molecule has 1 aromatic carbocycles. The molecule has 4 heteroatoms. The van der Waals surface area contributed by atoms with Gasteiger partial charge in [-0.15, -0.1) is 0 Å². The van der Waals surface area contributed by atoms with Gasteiger partial charge < -0.3 is 15.3 Å². The van der Waals surface area contributed by atoms with Crippen LogP contribution in [0.15, 0.2) is 18.2 Å². The first-order valence-corrected chi connectivity index (χ1v) is 6.44. The molecule has 1 amide bonds. The van der Waals surface area contributed by atoms with Crippen molar-refractivity contribution < 1.29 is 9.90 Å². The van der Waals surface area contributed by atoms with E-state index in [-0.39, 0.29) is 17.1 Å². The summed E-state index contributed by atoms with van der Waals surface area (Å²) >= 11 is 0. The van der Waals surface area contributed by atoms with Gasteiger partial charge in [0.05, 0.1) is 0 Å². The van der Waals surface area contributed by atoms with E-state index in [9.17, 15) is 9.90 Å². The third-order valence-electron chi connectivity index (χ3n) is 2.93. The van der Waals surface area contributed by atoms with E-state index in [1.54, 1.807) is 12.1 Å². The summed E-state index contributed by atoms with van der Waals surface area (Å²) < 4.78 is 0. The lowest BCUT2D eigenvalue weighted by Gasteiger charge is -2.28. The van der Waals surface area contributed by atoms with Crippen molar-refractivity contribution in [1.82, 2.24) is 10.2 Å². The normalized spacial score (nSPS) is 11.7. The van der Waals surface area contributed by atoms with Gasteiger partial charge in [-0.05, 0) is 50.2 Å². The largest absolute Gasteiger partial charge is 0.508 e. The van der Waals surface area contributed by atoms with E-state index in [1.807, 2.05) is 21.0 Å². The number of aromatic hydroxyl groups is 1. The van der Waals surface area contributed by atoms with E-state index >= 15 is 0 Å². The Morgan fingerprint density at radius 3 is 2.53 bits per heavy atom. The molecule has 0 aliphatic rings. The Morgan fingerprint density at radius 2 is 2.00 bits per heavy atom. The number of rotatable bonds is 5. The first kappa shape index (κ1) is 15.5. The van der Waals surface area contributed by atoms with Gasteiger partial charge >= 0.3 is 0 Å². The van der Waals surface area contributed by atoms with Crippen LogP contribution in [0.3, 0.4) is 0 Å². The summed E-state index contributed by atoms with van der Waals surface area (Å²) in [4.78, 5) is 14.2. The molecule has 1 aromatic rings. The van der Waals surface area contributed by atoms with Gasteiger partial charge in [0.15, 0.2) is 0 Å². The fourth-order valence-corrected chi connectivity index (χ4v) is 2.23. The molecule has 0 aliphatic carbocycles. The number of nitrogens with one attached hydrogen (secondary N) is 1. The van der Waals surface area contributed by atoms with Crippen molar-refractivity contribution in [2.45, 2.75) is 20.8 Å². The Bertz CT molecular complexity index is 453. The van der Waals surface area contributed by atoms with Crippen molar-refractivity contribution in [1.29, 1.82) is 0 Å². The number of phenols is 1. The molecule has 0 aromatic heterocycles. The lowest BCUT2D eigenvalue weighted by Crippen LogP contribution is -2.40. The molecule has 0 radical (unpaired) electrons. The Balaban J connectivity index is 2.65. The van der Waals surface area contributed by atoms with Crippen molar-refractivity contribution in [3.63, 3.8) is 0 Å². The van der Waals surface area contributed by atoms with Crippen LogP contribution in [0.5, 0.6) is 5.75 Å². The number of amides is 1. The van der Waals surface area contributed by atoms with E-state index in [1.165, 1.54) is 6.07 Å². The smallest absolute Gasteiger partial charge is 0.251 e. The van der Waals surface area contributed by atoms with Crippen LogP contribution in [0.25, 0.3) is 0 Å². The molecule has 0 bridgehead atoms. The summed E-state index contributed by atoms with van der Waals surface area (Å²) in [6, 6.07) is 4.78. The molecule has 2 N–H and O–H groups in total. The number of nitrogens with zero attached hydrogens (tertiary/aromatic N) is 1. The highest BCUT2D eigenvalue weighted by Gasteiger charge is 2.20. The minimum absolute atomic E-state index is 0.0178. The Labute approximate surface area is 115 Å². The molecule has 0 heterocycles. The second-order valence-electron chi connectivity index (χ2n) is 6.08. The van der Waals surface area contributed by atoms with E-state index in [0.717, 1.165) is 12.1 Å². The fraction of sp³-hybridized carbons (Fsp3) is 0.533. The minimum atomic E-state index is -0.0932. The summed E-state index contributed by atoms with van der Waals surface area (Å²) in [6.07, 6.45) is 0. The van der Waals surface area contributed by atoms with Crippen LogP contribution in [-0.2, 0) is 0 Å². The Kier molecular flexibility index (Phi) is 4.95. The Morgan fingerprint density at radius 1 is 1.37 bits per heavy atom. The van der Waals surface area contributed by atoms with Crippen LogP contribution in [-0.4, -0.2) is 43.1 Å². The van der Waals surface area contributed by atoms with Gasteiger partial charge in [-0.3, -0.25) is 4.79 Å². The summed E-state index contributed by atoms with van der Waals surface area (Å²) in [5.74, 6) is 0.0892. The average Bonchev–Trinajstić information content (AvgIpc) is 2.24. The van der Waals surface area contributed by atoms with Gasteiger partial charge in [0.1, 0.15) is 5.75 Å². The Hall–Kier alpha value is -1.55. The molecule has 0 fully saturated rings. The van der Waals surface area contributed by atoms with Crippen molar-refractivity contribution in [3.8, 4) is 5.75 Å². The quantitative estimate of drug-likeness (QED) is 0.855. The number of benzene rings is 1. The van der Waals surface area contributed by atoms with Crippen LogP contribution in [0.1, 0.15) is 29.8 Å². The number of aryl methyl sites for hydroxylation is 1. The van der Waals surface area contributed by atoms with E-state index in [2.05, 4.69) is 24.1 Å². The molecule has 0 saturated carbocycles. The second-order valence-corrected chi connectivity index (χ2v) is 6.08. The molecule has 19 heavy (non-hydrogen) atoms. The molecule has 1 rings (SSSR count). The first-order valence-electron chi connectivity index (χ1n) is 6.44. The average molecular weight is 264 g/mol. The predicted octanol–water partition coefficient (Wildman–Crippen LogP) is 2.02. The standard InChI is InChI=1S/C15H24N2O2/c1-11-8-12(18)6-7-13(11)14(19)16-9-15(2,3)10-17(4)5/h6-8,18H,9-10H2,1-5H3,(H,16,19). The first-order chi connectivity index (χ1) is 8.71. The summed E-state index contributed by atoms with van der Waals surface area (Å²) in [5, 5.41) is 12.3. The molecule has 0 saturated heterocycles. The number of phenolic OH excluding ortho intramolecular Hbond substituents is 1. The van der Waals surface area contributed by atoms with Crippen LogP contribution < -0.4 is 5.32 Å². The number of carbonyl (C=O) groups is 1. The summed E-state index contributed by atoms with van der Waals surface area (Å²) in [5.41, 5.74) is 1.41. The summed E-state index contributed by atoms with van der Waals surface area (Å²) in [6.45, 7) is 7.58. The molecule has 0 atom stereocenters. The van der Waals surface area contributed by atoms with E-state index in [0.29, 0.717) is 12.1 Å². The lowest BCUT2D eigenvalue weighted by molar-refractivity contribution is 0.0928. The SMILES string of the molecule is Cc1cc(O)ccc1C(=O)NCC(C)(C)CN(C)C. The fourth-order valence-electron chi connectivity index (χ4n) is 2.23. The van der Waals surface area contributed by atoms with Crippen LogP contribution in [0.2, 0.25) is 0 Å². The zero-order valence-corrected chi connectivity index (χ0v) is 12.4. The van der Waals surface area contributed by atoms with Crippen molar-refractivity contribution in [2.75, 3.05) is 27.2 Å². The van der Waals surface area contributed by atoms with E-state index in [4.69, 9.17) is 0 Å². The third-order valence-corrected chi connectivity index (χ3v) is 2.93. The molecule has 0 unspecified atom stereocenters. The van der Waals surface area contributed by atoms with Gasteiger partial charge in [0.2, 0.25) is 0 Å². The van der Waals surface area contributed by atoms with Gasteiger partial charge in [-0.25, -0.2) is 0 Å². The lowest BCUT2D eigenvalue weighted by atomic mass is 9.92. The van der Waals surface area contributed by atoms with Crippen LogP contribution in [0, 0.1) is 12.3 Å². The molecular weight excluding hydrogens is 240 g/mol. The third kappa shape index (κ3) is 4.91. The van der Waals surface area contributed by atoms with Gasteiger partial charge in [0.25, 0.3) is 5.91 Å². The van der Waals surface area contributed by atoms with Crippen molar-refractivity contribution >= 4 is 5.91 Å². The van der Waals surface area contributed by atoms with Gasteiger partial charge in [0, 0.05) is 18.7 Å². The van der Waals surface area contributed by atoms with Crippen molar-refractivity contribution in [3.05, 3.63) is 29.3 Å². The molecular formula is C15H24N2O2. The highest BCUT2D eigenvalue weighted by molar-refractivity contribution is 5.95. The maximum atomic E-state index is 12.1. The number of carbonyl (C=O) groups excluding carboxylic acids is 1. The highest BCUT2D eigenvalue weighted by atomic mass is 16.3. The zero-order valence-electron chi connectivity index (χ0n) is 12.4. The van der Waals surface area contributed by atoms with Crippen LogP contribution in [0.4, 0.5) is 0 Å². The monoisotopic (exact) mass is 264 g/mol. The summed E-state index contributed by atoms with van der Waals surface area (Å²) in [7, 11) is 4.04. The molecule has 4 nitrogen and oxygen atoms in total. The topological polar surface area (TPSA) is 52.6 Å². The zero-order chi connectivity index (χ0) is 14.6. The molecule has 0 aliphatic heterocycles. The van der Waals surface area contributed by atoms with Gasteiger partial charge in [-0.1, -0.05) is 13.8 Å². The minimum Gasteiger partial charge on any atom is -0.508 e. The molecule has 0 spiro atoms.